The molecule has 0 unspecified atom stereocenters. The number of aromatic amines is 1. The molecule has 1 saturated heterocycles. The van der Waals surface area contributed by atoms with E-state index in [-0.39, 0.29) is 5.91 Å². The highest BCUT2D eigenvalue weighted by Crippen LogP contribution is 2.19. The van der Waals surface area contributed by atoms with Crippen LogP contribution in [0.3, 0.4) is 0 Å². The van der Waals surface area contributed by atoms with Gasteiger partial charge in [-0.3, -0.25) is 14.8 Å². The van der Waals surface area contributed by atoms with Gasteiger partial charge in [0, 0.05) is 38.1 Å². The van der Waals surface area contributed by atoms with Crippen LogP contribution in [0.25, 0.3) is 10.9 Å². The molecular weight excluding hydrogens is 324 g/mol. The molecule has 5 nitrogen and oxygen atoms in total. The van der Waals surface area contributed by atoms with Crippen LogP contribution in [0.5, 0.6) is 0 Å². The van der Waals surface area contributed by atoms with Crippen LogP contribution >= 0.6 is 0 Å². The largest absolute Gasteiger partial charge is 0.335 e. The highest BCUT2D eigenvalue weighted by Gasteiger charge is 2.25. The van der Waals surface area contributed by atoms with Crippen molar-refractivity contribution >= 4 is 16.8 Å². The number of nitrogens with one attached hydrogen (secondary N) is 1. The minimum Gasteiger partial charge on any atom is -0.335 e. The van der Waals surface area contributed by atoms with Crippen LogP contribution < -0.4 is 0 Å². The lowest BCUT2D eigenvalue weighted by Gasteiger charge is -2.34. The molecule has 0 saturated carbocycles. The summed E-state index contributed by atoms with van der Waals surface area (Å²) < 4.78 is 0. The van der Waals surface area contributed by atoms with Gasteiger partial charge in [0.05, 0.1) is 5.52 Å². The third-order valence-corrected chi connectivity index (χ3v) is 5.14. The first-order chi connectivity index (χ1) is 12.7. The molecule has 26 heavy (non-hydrogen) atoms. The maximum atomic E-state index is 12.9. The molecule has 5 heteroatoms. The van der Waals surface area contributed by atoms with Crippen LogP contribution in [0, 0.1) is 6.92 Å². The highest BCUT2D eigenvalue weighted by molar-refractivity contribution is 6.04. The Kier molecular flexibility index (Phi) is 4.71. The first kappa shape index (κ1) is 16.8. The molecule has 1 aliphatic heterocycles. The third-order valence-electron chi connectivity index (χ3n) is 5.14. The van der Waals surface area contributed by atoms with E-state index in [1.165, 1.54) is 5.56 Å². The van der Waals surface area contributed by atoms with Crippen LogP contribution in [-0.2, 0) is 6.42 Å². The van der Waals surface area contributed by atoms with Crippen molar-refractivity contribution in [2.24, 2.45) is 0 Å². The summed E-state index contributed by atoms with van der Waals surface area (Å²) in [6, 6.07) is 16.6. The van der Waals surface area contributed by atoms with E-state index < -0.39 is 0 Å². The van der Waals surface area contributed by atoms with Gasteiger partial charge in [-0.1, -0.05) is 42.0 Å². The molecule has 0 aliphatic carbocycles. The number of H-pyrrole nitrogens is 1. The van der Waals surface area contributed by atoms with Crippen molar-refractivity contribution in [1.82, 2.24) is 20.0 Å². The van der Waals surface area contributed by atoms with Gasteiger partial charge in [0.25, 0.3) is 5.91 Å². The summed E-state index contributed by atoms with van der Waals surface area (Å²) in [5, 5.41) is 8.17. The van der Waals surface area contributed by atoms with Gasteiger partial charge in [0.1, 0.15) is 0 Å². The molecule has 0 radical (unpaired) electrons. The van der Waals surface area contributed by atoms with Crippen LogP contribution in [0.1, 0.15) is 21.6 Å². The van der Waals surface area contributed by atoms with Gasteiger partial charge in [-0.05, 0) is 31.0 Å². The molecule has 1 aromatic heterocycles. The number of rotatable bonds is 4. The lowest BCUT2D eigenvalue weighted by molar-refractivity contribution is 0.0634. The van der Waals surface area contributed by atoms with E-state index in [9.17, 15) is 4.79 Å². The molecule has 0 bridgehead atoms. The molecule has 3 aromatic rings. The van der Waals surface area contributed by atoms with Crippen molar-refractivity contribution in [3.63, 3.8) is 0 Å². The third kappa shape index (κ3) is 3.48. The number of piperazine rings is 1. The van der Waals surface area contributed by atoms with E-state index >= 15 is 0 Å². The first-order valence-electron chi connectivity index (χ1n) is 9.21. The van der Waals surface area contributed by atoms with Crippen LogP contribution in [0.2, 0.25) is 0 Å². The van der Waals surface area contributed by atoms with E-state index in [1.807, 2.05) is 36.1 Å². The van der Waals surface area contributed by atoms with Crippen molar-refractivity contribution < 1.29 is 4.79 Å². The number of hydrogen-bond acceptors (Lipinski definition) is 3. The molecule has 0 atom stereocenters. The summed E-state index contributed by atoms with van der Waals surface area (Å²) in [6.07, 6.45) is 1.05. The Hall–Kier alpha value is -2.66. The molecule has 2 heterocycles. The quantitative estimate of drug-likeness (QED) is 0.789. The van der Waals surface area contributed by atoms with Gasteiger partial charge < -0.3 is 4.90 Å². The Bertz CT molecular complexity index is 895. The van der Waals surface area contributed by atoms with Gasteiger partial charge in [-0.25, -0.2) is 0 Å². The Labute approximate surface area is 153 Å². The average Bonchev–Trinajstić information content (AvgIpc) is 3.10. The molecule has 1 amide bonds. The molecule has 0 spiro atoms. The van der Waals surface area contributed by atoms with Crippen molar-refractivity contribution in [1.29, 1.82) is 0 Å². The zero-order valence-corrected chi connectivity index (χ0v) is 15.1. The Morgan fingerprint density at radius 2 is 1.85 bits per heavy atom. The fraction of sp³-hybridized carbons (Fsp3) is 0.333. The lowest BCUT2D eigenvalue weighted by atomic mass is 10.1. The molecule has 2 aromatic carbocycles. The summed E-state index contributed by atoms with van der Waals surface area (Å²) in [5.41, 5.74) is 3.96. The molecule has 1 aliphatic rings. The summed E-state index contributed by atoms with van der Waals surface area (Å²) >= 11 is 0. The number of carbonyl (C=O) groups excluding carboxylic acids is 1. The Morgan fingerprint density at radius 1 is 1.08 bits per heavy atom. The lowest BCUT2D eigenvalue weighted by Crippen LogP contribution is -2.49. The molecule has 4 rings (SSSR count). The van der Waals surface area contributed by atoms with E-state index in [0.29, 0.717) is 5.69 Å². The van der Waals surface area contributed by atoms with E-state index in [0.717, 1.165) is 55.6 Å². The standard InChI is InChI=1S/C21H24N4O/c1-16-7-8-19-18(15-16)20(23-22-19)21(26)25-13-11-24(12-14-25)10-9-17-5-3-2-4-6-17/h2-8,15H,9-14H2,1H3,(H,22,23). The Balaban J connectivity index is 1.36. The fourth-order valence-corrected chi connectivity index (χ4v) is 3.55. The van der Waals surface area contributed by atoms with Crippen molar-refractivity contribution in [2.45, 2.75) is 13.3 Å². The zero-order chi connectivity index (χ0) is 17.9. The predicted molar refractivity (Wildman–Crippen MR) is 103 cm³/mol. The molecular formula is C21H24N4O. The predicted octanol–water partition coefficient (Wildman–Crippen LogP) is 2.87. The van der Waals surface area contributed by atoms with E-state index in [1.54, 1.807) is 0 Å². The maximum absolute atomic E-state index is 12.9. The topological polar surface area (TPSA) is 52.2 Å². The Morgan fingerprint density at radius 3 is 2.62 bits per heavy atom. The van der Waals surface area contributed by atoms with Crippen LogP contribution in [0.4, 0.5) is 0 Å². The molecule has 1 N–H and O–H groups in total. The number of carbonyl (C=O) groups is 1. The van der Waals surface area contributed by atoms with E-state index in [4.69, 9.17) is 0 Å². The number of fused-ring (bicyclic) bond motifs is 1. The van der Waals surface area contributed by atoms with Crippen LogP contribution in [0.15, 0.2) is 48.5 Å². The second-order valence-corrected chi connectivity index (χ2v) is 6.99. The number of hydrogen-bond donors (Lipinski definition) is 1. The number of nitrogens with zero attached hydrogens (tertiary/aromatic N) is 3. The number of aromatic nitrogens is 2. The highest BCUT2D eigenvalue weighted by atomic mass is 16.2. The SMILES string of the molecule is Cc1ccc2[nH]nc(C(=O)N3CCN(CCc4ccccc4)CC3)c2c1. The van der Waals surface area contributed by atoms with Crippen molar-refractivity contribution in [2.75, 3.05) is 32.7 Å². The first-order valence-corrected chi connectivity index (χ1v) is 9.21. The smallest absolute Gasteiger partial charge is 0.275 e. The monoisotopic (exact) mass is 348 g/mol. The van der Waals surface area contributed by atoms with Gasteiger partial charge in [0.15, 0.2) is 5.69 Å². The van der Waals surface area contributed by atoms with Gasteiger partial charge in [-0.2, -0.15) is 5.10 Å². The normalized spacial score (nSPS) is 15.5. The van der Waals surface area contributed by atoms with Gasteiger partial charge in [-0.15, -0.1) is 0 Å². The fourth-order valence-electron chi connectivity index (χ4n) is 3.55. The second-order valence-electron chi connectivity index (χ2n) is 6.99. The summed E-state index contributed by atoms with van der Waals surface area (Å²) in [6.45, 7) is 6.42. The number of amides is 1. The molecule has 1 fully saturated rings. The van der Waals surface area contributed by atoms with Gasteiger partial charge >= 0.3 is 0 Å². The van der Waals surface area contributed by atoms with Crippen molar-refractivity contribution in [3.8, 4) is 0 Å². The summed E-state index contributed by atoms with van der Waals surface area (Å²) in [7, 11) is 0. The minimum atomic E-state index is 0.0320. The maximum Gasteiger partial charge on any atom is 0.275 e. The van der Waals surface area contributed by atoms with Crippen molar-refractivity contribution in [3.05, 3.63) is 65.4 Å². The second kappa shape index (κ2) is 7.30. The average molecular weight is 348 g/mol. The summed E-state index contributed by atoms with van der Waals surface area (Å²) in [5.74, 6) is 0.0320. The van der Waals surface area contributed by atoms with Gasteiger partial charge in [0.2, 0.25) is 0 Å². The number of benzene rings is 2. The zero-order valence-electron chi connectivity index (χ0n) is 15.1. The van der Waals surface area contributed by atoms with E-state index in [2.05, 4.69) is 39.4 Å². The van der Waals surface area contributed by atoms with Crippen LogP contribution in [-0.4, -0.2) is 58.6 Å². The number of aryl methyl sites for hydroxylation is 1. The minimum absolute atomic E-state index is 0.0320. The molecule has 134 valence electrons. The summed E-state index contributed by atoms with van der Waals surface area (Å²) in [4.78, 5) is 17.3.